The predicted octanol–water partition coefficient (Wildman–Crippen LogP) is 5.76. The summed E-state index contributed by atoms with van der Waals surface area (Å²) in [6.45, 7) is 7.29. The van der Waals surface area contributed by atoms with Crippen LogP contribution in [0.15, 0.2) is 45.3 Å². The molecule has 0 bridgehead atoms. The van der Waals surface area contributed by atoms with Crippen LogP contribution in [-0.4, -0.2) is 42.9 Å². The first-order valence-corrected chi connectivity index (χ1v) is 12.5. The highest BCUT2D eigenvalue weighted by Gasteiger charge is 2.22. The SMILES string of the molecule is CC(C)CC(=O)N1CCN(c2ccc(NC(=O)c3cc(Br)cc(Br)c3I)cc2)CC1. The van der Waals surface area contributed by atoms with Crippen LogP contribution < -0.4 is 10.2 Å². The van der Waals surface area contributed by atoms with E-state index in [-0.39, 0.29) is 11.8 Å². The summed E-state index contributed by atoms with van der Waals surface area (Å²) in [5, 5.41) is 2.97. The molecule has 1 aliphatic heterocycles. The molecule has 1 N–H and O–H groups in total. The molecule has 2 aromatic carbocycles. The summed E-state index contributed by atoms with van der Waals surface area (Å²) in [7, 11) is 0. The second-order valence-electron chi connectivity index (χ2n) is 7.72. The molecule has 0 atom stereocenters. The van der Waals surface area contributed by atoms with Crippen LogP contribution in [0, 0.1) is 9.49 Å². The fraction of sp³-hybridized carbons (Fsp3) is 0.364. The van der Waals surface area contributed by atoms with Crippen molar-refractivity contribution in [2.45, 2.75) is 20.3 Å². The third kappa shape index (κ3) is 5.97. The molecule has 1 saturated heterocycles. The highest BCUT2D eigenvalue weighted by atomic mass is 127. The number of rotatable bonds is 5. The van der Waals surface area contributed by atoms with Crippen molar-refractivity contribution in [3.63, 3.8) is 0 Å². The van der Waals surface area contributed by atoms with Crippen LogP contribution in [0.5, 0.6) is 0 Å². The second kappa shape index (κ2) is 10.5. The van der Waals surface area contributed by atoms with E-state index in [4.69, 9.17) is 0 Å². The zero-order chi connectivity index (χ0) is 21.8. The van der Waals surface area contributed by atoms with Gasteiger partial charge in [-0.25, -0.2) is 0 Å². The van der Waals surface area contributed by atoms with Crippen LogP contribution in [-0.2, 0) is 4.79 Å². The molecule has 0 unspecified atom stereocenters. The van der Waals surface area contributed by atoms with E-state index in [9.17, 15) is 9.59 Å². The lowest BCUT2D eigenvalue weighted by Gasteiger charge is -2.36. The van der Waals surface area contributed by atoms with Crippen molar-refractivity contribution in [2.75, 3.05) is 36.4 Å². The summed E-state index contributed by atoms with van der Waals surface area (Å²) in [5.74, 6) is 0.489. The van der Waals surface area contributed by atoms with Crippen LogP contribution in [0.25, 0.3) is 0 Å². The van der Waals surface area contributed by atoms with E-state index in [2.05, 4.69) is 78.5 Å². The Kier molecular flexibility index (Phi) is 8.20. The van der Waals surface area contributed by atoms with Gasteiger partial charge in [-0.05, 0) is 80.8 Å². The zero-order valence-corrected chi connectivity index (χ0v) is 22.3. The zero-order valence-electron chi connectivity index (χ0n) is 16.9. The Morgan fingerprint density at radius 2 is 1.70 bits per heavy atom. The van der Waals surface area contributed by atoms with Gasteiger partial charge >= 0.3 is 0 Å². The van der Waals surface area contributed by atoms with Crippen LogP contribution in [0.1, 0.15) is 30.6 Å². The summed E-state index contributed by atoms with van der Waals surface area (Å²) in [6, 6.07) is 11.6. The highest BCUT2D eigenvalue weighted by Crippen LogP contribution is 2.28. The summed E-state index contributed by atoms with van der Waals surface area (Å²) in [5.41, 5.74) is 2.47. The minimum absolute atomic E-state index is 0.147. The van der Waals surface area contributed by atoms with E-state index in [0.29, 0.717) is 17.9 Å². The van der Waals surface area contributed by atoms with E-state index >= 15 is 0 Å². The number of piperazine rings is 1. The first-order valence-electron chi connectivity index (χ1n) is 9.83. The van der Waals surface area contributed by atoms with Crippen LogP contribution in [0.4, 0.5) is 11.4 Å². The van der Waals surface area contributed by atoms with Gasteiger partial charge in [0.25, 0.3) is 5.91 Å². The van der Waals surface area contributed by atoms with E-state index in [1.54, 1.807) is 0 Å². The molecule has 0 spiro atoms. The van der Waals surface area contributed by atoms with Crippen molar-refractivity contribution in [1.82, 2.24) is 4.90 Å². The number of anilines is 2. The van der Waals surface area contributed by atoms with Gasteiger partial charge in [-0.15, -0.1) is 0 Å². The number of nitrogens with zero attached hydrogens (tertiary/aromatic N) is 2. The second-order valence-corrected chi connectivity index (χ2v) is 10.6. The lowest BCUT2D eigenvalue weighted by atomic mass is 10.1. The van der Waals surface area contributed by atoms with Gasteiger partial charge < -0.3 is 15.1 Å². The molecule has 2 amide bonds. The molecule has 1 heterocycles. The number of carbonyl (C=O) groups is 2. The van der Waals surface area contributed by atoms with E-state index in [0.717, 1.165) is 50.1 Å². The average molecular weight is 649 g/mol. The average Bonchev–Trinajstić information content (AvgIpc) is 2.71. The summed E-state index contributed by atoms with van der Waals surface area (Å²) in [4.78, 5) is 29.2. The topological polar surface area (TPSA) is 52.7 Å². The Bertz CT molecular complexity index is 927. The molecular weight excluding hydrogens is 625 g/mol. The standard InChI is InChI=1S/C22H24Br2IN3O2/c1-14(2)11-20(29)28-9-7-27(8-10-28)17-5-3-16(4-6-17)26-22(30)18-12-15(23)13-19(24)21(18)25/h3-6,12-14H,7-11H2,1-2H3,(H,26,30). The van der Waals surface area contributed by atoms with E-state index in [1.807, 2.05) is 41.3 Å². The van der Waals surface area contributed by atoms with Gasteiger partial charge in [0.05, 0.1) is 5.56 Å². The molecule has 160 valence electrons. The number of carbonyl (C=O) groups excluding carboxylic acids is 2. The first kappa shape index (κ1) is 23.5. The normalized spacial score (nSPS) is 14.2. The fourth-order valence-corrected chi connectivity index (χ4v) is 5.15. The minimum atomic E-state index is -0.147. The molecule has 8 heteroatoms. The predicted molar refractivity (Wildman–Crippen MR) is 137 cm³/mol. The van der Waals surface area contributed by atoms with E-state index < -0.39 is 0 Å². The summed E-state index contributed by atoms with van der Waals surface area (Å²) in [6.07, 6.45) is 0.613. The van der Waals surface area contributed by atoms with E-state index in [1.165, 1.54) is 0 Å². The molecule has 1 aliphatic rings. The van der Waals surface area contributed by atoms with Gasteiger partial charge in [0, 0.05) is 56.5 Å². The number of nitrogens with one attached hydrogen (secondary N) is 1. The molecule has 1 fully saturated rings. The maximum Gasteiger partial charge on any atom is 0.256 e. The molecule has 30 heavy (non-hydrogen) atoms. The fourth-order valence-electron chi connectivity index (χ4n) is 3.37. The Morgan fingerprint density at radius 3 is 2.30 bits per heavy atom. The minimum Gasteiger partial charge on any atom is -0.368 e. The summed E-state index contributed by atoms with van der Waals surface area (Å²) < 4.78 is 2.60. The third-order valence-electron chi connectivity index (χ3n) is 4.94. The van der Waals surface area contributed by atoms with Crippen LogP contribution in [0.3, 0.4) is 0 Å². The first-order chi connectivity index (χ1) is 14.2. The maximum atomic E-state index is 12.7. The number of hydrogen-bond donors (Lipinski definition) is 1. The van der Waals surface area contributed by atoms with Crippen molar-refractivity contribution < 1.29 is 9.59 Å². The van der Waals surface area contributed by atoms with Crippen molar-refractivity contribution in [3.05, 3.63) is 54.5 Å². The molecular formula is C22H24Br2IN3O2. The molecule has 3 rings (SSSR count). The Hall–Kier alpha value is -1.13. The lowest BCUT2D eigenvalue weighted by Crippen LogP contribution is -2.49. The van der Waals surface area contributed by atoms with Gasteiger partial charge in [-0.2, -0.15) is 0 Å². The quantitative estimate of drug-likeness (QED) is 0.331. The van der Waals surface area contributed by atoms with Gasteiger partial charge in [0.1, 0.15) is 0 Å². The van der Waals surface area contributed by atoms with Crippen LogP contribution >= 0.6 is 54.5 Å². The van der Waals surface area contributed by atoms with Crippen molar-refractivity contribution in [3.8, 4) is 0 Å². The number of benzene rings is 2. The number of hydrogen-bond acceptors (Lipinski definition) is 3. The van der Waals surface area contributed by atoms with Gasteiger partial charge in [-0.3, -0.25) is 9.59 Å². The third-order valence-corrected chi connectivity index (χ3v) is 7.93. The van der Waals surface area contributed by atoms with Gasteiger partial charge in [0.2, 0.25) is 5.91 Å². The Labute approximate surface area is 208 Å². The molecule has 0 aromatic heterocycles. The van der Waals surface area contributed by atoms with Crippen LogP contribution in [0.2, 0.25) is 0 Å². The molecule has 0 saturated carbocycles. The molecule has 0 radical (unpaired) electrons. The van der Waals surface area contributed by atoms with Gasteiger partial charge in [0.15, 0.2) is 0 Å². The smallest absolute Gasteiger partial charge is 0.256 e. The number of amides is 2. The van der Waals surface area contributed by atoms with Crippen molar-refractivity contribution in [2.24, 2.45) is 5.92 Å². The molecule has 5 nitrogen and oxygen atoms in total. The monoisotopic (exact) mass is 647 g/mol. The van der Waals surface area contributed by atoms with Crippen molar-refractivity contribution >= 4 is 77.6 Å². The molecule has 0 aliphatic carbocycles. The Morgan fingerprint density at radius 1 is 1.07 bits per heavy atom. The van der Waals surface area contributed by atoms with Gasteiger partial charge in [-0.1, -0.05) is 29.8 Å². The largest absolute Gasteiger partial charge is 0.368 e. The highest BCUT2D eigenvalue weighted by molar-refractivity contribution is 14.1. The molecule has 2 aromatic rings. The Balaban J connectivity index is 1.60. The maximum absolute atomic E-state index is 12.7. The summed E-state index contributed by atoms with van der Waals surface area (Å²) >= 11 is 9.08. The van der Waals surface area contributed by atoms with Crippen molar-refractivity contribution in [1.29, 1.82) is 0 Å². The lowest BCUT2D eigenvalue weighted by molar-refractivity contribution is -0.132. The number of halogens is 3.